The normalized spacial score (nSPS) is 29.5. The second-order valence-electron chi connectivity index (χ2n) is 3.31. The minimum absolute atomic E-state index is 0.814. The molecule has 0 heterocycles. The monoisotopic (exact) mass is 205 g/mol. The summed E-state index contributed by atoms with van der Waals surface area (Å²) < 4.78 is 0. The molecule has 2 unspecified atom stereocenters. The van der Waals surface area contributed by atoms with E-state index >= 15 is 0 Å². The average Bonchev–Trinajstić information content (AvgIpc) is 2.53. The molecule has 1 aliphatic rings. The predicted octanol–water partition coefficient (Wildman–Crippen LogP) is 2.22. The lowest BCUT2D eigenvalue weighted by molar-refractivity contribution is 0.546. The highest BCUT2D eigenvalue weighted by molar-refractivity contribution is 7.99. The van der Waals surface area contributed by atoms with Crippen LogP contribution in [0.4, 0.5) is 0 Å². The molecule has 2 atom stereocenters. The molecule has 1 rings (SSSR count). The first-order chi connectivity index (χ1) is 5.86. The van der Waals surface area contributed by atoms with Crippen LogP contribution >= 0.6 is 23.5 Å². The van der Waals surface area contributed by atoms with Gasteiger partial charge in [-0.1, -0.05) is 0 Å². The zero-order valence-corrected chi connectivity index (χ0v) is 9.64. The van der Waals surface area contributed by atoms with Crippen LogP contribution in [0.25, 0.3) is 0 Å². The van der Waals surface area contributed by atoms with Gasteiger partial charge in [-0.3, -0.25) is 0 Å². The number of hydrogen-bond donors (Lipinski definition) is 1. The highest BCUT2D eigenvalue weighted by atomic mass is 32.2. The largest absolute Gasteiger partial charge is 0.313 e. The molecule has 12 heavy (non-hydrogen) atoms. The van der Waals surface area contributed by atoms with Crippen LogP contribution in [0, 0.1) is 0 Å². The van der Waals surface area contributed by atoms with Gasteiger partial charge < -0.3 is 5.32 Å². The van der Waals surface area contributed by atoms with Crippen molar-refractivity contribution < 1.29 is 0 Å². The summed E-state index contributed by atoms with van der Waals surface area (Å²) in [6.07, 6.45) is 8.59. The Labute approximate surface area is 84.4 Å². The van der Waals surface area contributed by atoms with E-state index in [0.717, 1.165) is 11.3 Å². The van der Waals surface area contributed by atoms with Gasteiger partial charge in [0.15, 0.2) is 0 Å². The van der Waals surface area contributed by atoms with Crippen molar-refractivity contribution in [1.29, 1.82) is 0 Å². The minimum Gasteiger partial charge on any atom is -0.313 e. The Morgan fingerprint density at radius 3 is 2.75 bits per heavy atom. The van der Waals surface area contributed by atoms with Crippen molar-refractivity contribution in [3.8, 4) is 0 Å². The molecule has 3 heteroatoms. The molecule has 0 aromatic carbocycles. The maximum absolute atomic E-state index is 3.61. The van der Waals surface area contributed by atoms with E-state index in [1.165, 1.54) is 31.6 Å². The molecule has 0 spiro atoms. The van der Waals surface area contributed by atoms with Crippen molar-refractivity contribution in [2.75, 3.05) is 24.8 Å². The maximum Gasteiger partial charge on any atom is 0.00783 e. The SMILES string of the molecule is CSCCNC1CCC(SC)C1. The van der Waals surface area contributed by atoms with Crippen LogP contribution in [0.15, 0.2) is 0 Å². The lowest BCUT2D eigenvalue weighted by atomic mass is 10.2. The predicted molar refractivity (Wildman–Crippen MR) is 61.3 cm³/mol. The van der Waals surface area contributed by atoms with Crippen molar-refractivity contribution in [1.82, 2.24) is 5.32 Å². The van der Waals surface area contributed by atoms with Crippen LogP contribution in [-0.2, 0) is 0 Å². The summed E-state index contributed by atoms with van der Waals surface area (Å²) in [7, 11) is 0. The van der Waals surface area contributed by atoms with E-state index in [4.69, 9.17) is 0 Å². The average molecular weight is 205 g/mol. The summed E-state index contributed by atoms with van der Waals surface area (Å²) in [5.74, 6) is 1.25. The molecule has 0 aromatic heterocycles. The fourth-order valence-electron chi connectivity index (χ4n) is 1.70. The van der Waals surface area contributed by atoms with Gasteiger partial charge in [-0.15, -0.1) is 0 Å². The molecule has 0 saturated heterocycles. The zero-order chi connectivity index (χ0) is 8.81. The highest BCUT2D eigenvalue weighted by Crippen LogP contribution is 2.27. The Morgan fingerprint density at radius 1 is 1.33 bits per heavy atom. The molecule has 1 fully saturated rings. The Hall–Kier alpha value is 0.660. The number of rotatable bonds is 5. The van der Waals surface area contributed by atoms with Crippen LogP contribution in [0.5, 0.6) is 0 Å². The van der Waals surface area contributed by atoms with Crippen LogP contribution in [0.1, 0.15) is 19.3 Å². The molecule has 0 aromatic rings. The van der Waals surface area contributed by atoms with Gasteiger partial charge >= 0.3 is 0 Å². The van der Waals surface area contributed by atoms with E-state index in [9.17, 15) is 0 Å². The number of thioether (sulfide) groups is 2. The van der Waals surface area contributed by atoms with Gasteiger partial charge in [0.1, 0.15) is 0 Å². The molecule has 0 aliphatic heterocycles. The Bertz CT molecular complexity index is 119. The van der Waals surface area contributed by atoms with E-state index in [-0.39, 0.29) is 0 Å². The molecular formula is C9H19NS2. The summed E-state index contributed by atoms with van der Waals surface area (Å²) in [5.41, 5.74) is 0. The number of hydrogen-bond acceptors (Lipinski definition) is 3. The van der Waals surface area contributed by atoms with Crippen LogP contribution in [-0.4, -0.2) is 36.1 Å². The van der Waals surface area contributed by atoms with Crippen molar-refractivity contribution in [3.05, 3.63) is 0 Å². The first-order valence-electron chi connectivity index (χ1n) is 4.62. The fraction of sp³-hybridized carbons (Fsp3) is 1.00. The van der Waals surface area contributed by atoms with E-state index in [1.54, 1.807) is 0 Å². The third kappa shape index (κ3) is 3.58. The Kier molecular flexibility index (Phi) is 5.52. The van der Waals surface area contributed by atoms with Gasteiger partial charge in [0.05, 0.1) is 0 Å². The van der Waals surface area contributed by atoms with Crippen molar-refractivity contribution in [2.45, 2.75) is 30.6 Å². The molecule has 1 aliphatic carbocycles. The summed E-state index contributed by atoms with van der Waals surface area (Å²) >= 11 is 3.95. The zero-order valence-electron chi connectivity index (χ0n) is 8.01. The van der Waals surface area contributed by atoms with Gasteiger partial charge in [0, 0.05) is 23.6 Å². The second kappa shape index (κ2) is 6.17. The molecule has 72 valence electrons. The number of nitrogens with one attached hydrogen (secondary N) is 1. The van der Waals surface area contributed by atoms with Gasteiger partial charge in [-0.25, -0.2) is 0 Å². The minimum atomic E-state index is 0.814. The summed E-state index contributed by atoms with van der Waals surface area (Å²) in [6.45, 7) is 1.19. The molecule has 0 bridgehead atoms. The molecule has 1 N–H and O–H groups in total. The van der Waals surface area contributed by atoms with Crippen molar-refractivity contribution in [3.63, 3.8) is 0 Å². The third-order valence-electron chi connectivity index (χ3n) is 2.46. The van der Waals surface area contributed by atoms with Crippen LogP contribution < -0.4 is 5.32 Å². The van der Waals surface area contributed by atoms with Gasteiger partial charge in [-0.2, -0.15) is 23.5 Å². The first kappa shape index (κ1) is 10.7. The second-order valence-corrected chi connectivity index (χ2v) is 5.44. The summed E-state index contributed by atoms with van der Waals surface area (Å²) in [4.78, 5) is 0. The van der Waals surface area contributed by atoms with Crippen LogP contribution in [0.2, 0.25) is 0 Å². The van der Waals surface area contributed by atoms with E-state index in [1.807, 2.05) is 23.5 Å². The lowest BCUT2D eigenvalue weighted by Crippen LogP contribution is -2.28. The molecule has 1 nitrogen and oxygen atoms in total. The van der Waals surface area contributed by atoms with E-state index < -0.39 is 0 Å². The topological polar surface area (TPSA) is 12.0 Å². The maximum atomic E-state index is 3.61. The Balaban J connectivity index is 2.03. The van der Waals surface area contributed by atoms with Crippen molar-refractivity contribution in [2.24, 2.45) is 0 Å². The van der Waals surface area contributed by atoms with E-state index in [0.29, 0.717) is 0 Å². The van der Waals surface area contributed by atoms with Crippen molar-refractivity contribution >= 4 is 23.5 Å². The molecule has 0 amide bonds. The summed E-state index contributed by atoms with van der Waals surface area (Å²) in [6, 6.07) is 0.814. The smallest absolute Gasteiger partial charge is 0.00783 e. The summed E-state index contributed by atoms with van der Waals surface area (Å²) in [5, 5.41) is 4.54. The molecule has 1 saturated carbocycles. The standard InChI is InChI=1S/C9H19NS2/c1-11-6-5-10-8-3-4-9(7-8)12-2/h8-10H,3-7H2,1-2H3. The first-order valence-corrected chi connectivity index (χ1v) is 7.30. The highest BCUT2D eigenvalue weighted by Gasteiger charge is 2.22. The van der Waals surface area contributed by atoms with Gasteiger partial charge in [-0.05, 0) is 31.8 Å². The van der Waals surface area contributed by atoms with Gasteiger partial charge in [0.2, 0.25) is 0 Å². The Morgan fingerprint density at radius 2 is 2.17 bits per heavy atom. The fourth-order valence-corrected chi connectivity index (χ4v) is 2.82. The quantitative estimate of drug-likeness (QED) is 0.691. The van der Waals surface area contributed by atoms with Crippen LogP contribution in [0.3, 0.4) is 0 Å². The molecule has 0 radical (unpaired) electrons. The van der Waals surface area contributed by atoms with Gasteiger partial charge in [0.25, 0.3) is 0 Å². The van der Waals surface area contributed by atoms with E-state index in [2.05, 4.69) is 17.8 Å². The third-order valence-corrected chi connectivity index (χ3v) is 4.16. The lowest BCUT2D eigenvalue weighted by Gasteiger charge is -2.11. The molecular weight excluding hydrogens is 186 g/mol.